The zero-order chi connectivity index (χ0) is 9.89. The minimum atomic E-state index is -3.79. The van der Waals surface area contributed by atoms with Crippen LogP contribution in [0.5, 0.6) is 0 Å². The van der Waals surface area contributed by atoms with Gasteiger partial charge in [0, 0.05) is 0 Å². The first kappa shape index (κ1) is 11.5. The lowest BCUT2D eigenvalue weighted by Gasteiger charge is -2.15. The molecule has 0 aliphatic carbocycles. The van der Waals surface area contributed by atoms with E-state index in [4.69, 9.17) is 0 Å². The maximum atomic E-state index is 12.0. The van der Waals surface area contributed by atoms with E-state index in [2.05, 4.69) is 0 Å². The molecule has 74 valence electrons. The highest BCUT2D eigenvalue weighted by molar-refractivity contribution is 4.79. The fourth-order valence-electron chi connectivity index (χ4n) is 0.454. The predicted molar refractivity (Wildman–Crippen MR) is 26.7 cm³/mol. The monoisotopic (exact) mass is 198 g/mol. The first-order valence-electron chi connectivity index (χ1n) is 2.86. The molecular weight excluding hydrogens is 193 g/mol. The normalized spacial score (nSPS) is 19.8. The summed E-state index contributed by atoms with van der Waals surface area (Å²) < 4.78 is 80.7. The van der Waals surface area contributed by atoms with Crippen LogP contribution < -0.4 is 0 Å². The summed E-state index contributed by atoms with van der Waals surface area (Å²) in [6, 6.07) is 0. The van der Waals surface area contributed by atoms with Crippen LogP contribution >= 0.6 is 0 Å². The molecule has 7 heteroatoms. The third-order valence-electron chi connectivity index (χ3n) is 1.09. The summed E-state index contributed by atoms with van der Waals surface area (Å²) in [5, 5.41) is 0. The Morgan fingerprint density at radius 2 is 0.667 bits per heavy atom. The largest absolute Gasteiger partial charge is 0.272 e. The number of alkyl halides is 7. The van der Waals surface area contributed by atoms with Crippen molar-refractivity contribution in [3.8, 4) is 0 Å². The molecule has 0 aliphatic heterocycles. The van der Waals surface area contributed by atoms with Crippen LogP contribution in [-0.2, 0) is 0 Å². The van der Waals surface area contributed by atoms with Crippen molar-refractivity contribution in [2.24, 2.45) is 0 Å². The van der Waals surface area contributed by atoms with E-state index in [1.807, 2.05) is 0 Å². The lowest BCUT2D eigenvalue weighted by Crippen LogP contribution is -2.37. The van der Waals surface area contributed by atoms with Gasteiger partial charge in [-0.2, -0.15) is 0 Å². The van der Waals surface area contributed by atoms with E-state index in [-0.39, 0.29) is 0 Å². The molecule has 0 rings (SSSR count). The molecule has 0 aromatic rings. The van der Waals surface area contributed by atoms with Crippen LogP contribution in [0.25, 0.3) is 0 Å². The van der Waals surface area contributed by atoms with Gasteiger partial charge in [0.2, 0.25) is 0 Å². The molecule has 12 heavy (non-hydrogen) atoms. The van der Waals surface area contributed by atoms with Crippen molar-refractivity contribution in [1.82, 2.24) is 0 Å². The van der Waals surface area contributed by atoms with E-state index in [9.17, 15) is 30.7 Å². The van der Waals surface area contributed by atoms with Gasteiger partial charge in [-0.05, 0) is 0 Å². The molecule has 2 unspecified atom stereocenters. The Kier molecular flexibility index (Phi) is 4.33. The van der Waals surface area contributed by atoms with Gasteiger partial charge in [0.1, 0.15) is 0 Å². The highest BCUT2D eigenvalue weighted by atomic mass is 19.3. The van der Waals surface area contributed by atoms with Crippen LogP contribution in [0.1, 0.15) is 0 Å². The van der Waals surface area contributed by atoms with Crippen LogP contribution in [0.15, 0.2) is 0 Å². The van der Waals surface area contributed by atoms with Gasteiger partial charge in [-0.15, -0.1) is 0 Å². The van der Waals surface area contributed by atoms with Gasteiger partial charge in [0.15, 0.2) is 18.5 Å². The van der Waals surface area contributed by atoms with Gasteiger partial charge in [-0.25, -0.2) is 30.7 Å². The topological polar surface area (TPSA) is 0 Å². The molecule has 0 saturated heterocycles. The smallest absolute Gasteiger partial charge is 0.241 e. The standard InChI is InChI=1S/C5H5F7/c6-1(2(7)4(9)10)3(8)5(11)12/h1-5H. The SMILES string of the molecule is FC(F)C(F)C(F)C(F)C(F)F. The second-order valence-corrected chi connectivity index (χ2v) is 2.00. The van der Waals surface area contributed by atoms with E-state index >= 15 is 0 Å². The van der Waals surface area contributed by atoms with Crippen molar-refractivity contribution in [3.63, 3.8) is 0 Å². The van der Waals surface area contributed by atoms with Crippen molar-refractivity contribution < 1.29 is 30.7 Å². The van der Waals surface area contributed by atoms with Crippen molar-refractivity contribution in [2.75, 3.05) is 0 Å². The molecule has 0 heterocycles. The quantitative estimate of drug-likeness (QED) is 0.609. The zero-order valence-electron chi connectivity index (χ0n) is 5.53. The van der Waals surface area contributed by atoms with Gasteiger partial charge in [0.25, 0.3) is 12.9 Å². The van der Waals surface area contributed by atoms with Crippen molar-refractivity contribution in [1.29, 1.82) is 0 Å². The second-order valence-electron chi connectivity index (χ2n) is 2.00. The van der Waals surface area contributed by atoms with Crippen LogP contribution in [0, 0.1) is 0 Å². The van der Waals surface area contributed by atoms with Gasteiger partial charge in [-0.1, -0.05) is 0 Å². The Morgan fingerprint density at radius 3 is 0.833 bits per heavy atom. The van der Waals surface area contributed by atoms with E-state index in [1.54, 1.807) is 0 Å². The molecule has 0 aromatic heterocycles. The molecular formula is C5H5F7. The summed E-state index contributed by atoms with van der Waals surface area (Å²) in [6.45, 7) is 0. The van der Waals surface area contributed by atoms with E-state index in [0.29, 0.717) is 0 Å². The molecule has 0 aromatic carbocycles. The van der Waals surface area contributed by atoms with E-state index < -0.39 is 31.4 Å². The van der Waals surface area contributed by atoms with Crippen molar-refractivity contribution >= 4 is 0 Å². The van der Waals surface area contributed by atoms with Gasteiger partial charge >= 0.3 is 0 Å². The average Bonchev–Trinajstić information content (AvgIpc) is 2.00. The number of rotatable bonds is 4. The molecule has 0 aliphatic rings. The minimum absolute atomic E-state index is 3.48. The van der Waals surface area contributed by atoms with Crippen LogP contribution in [0.3, 0.4) is 0 Å². The highest BCUT2D eigenvalue weighted by Gasteiger charge is 2.40. The summed E-state index contributed by atoms with van der Waals surface area (Å²) in [7, 11) is 0. The third-order valence-corrected chi connectivity index (χ3v) is 1.09. The fraction of sp³-hybridized carbons (Fsp3) is 1.00. The summed E-state index contributed by atoms with van der Waals surface area (Å²) in [5.41, 5.74) is 0. The van der Waals surface area contributed by atoms with Crippen LogP contribution in [0.2, 0.25) is 0 Å². The Morgan fingerprint density at radius 1 is 0.417 bits per heavy atom. The first-order valence-corrected chi connectivity index (χ1v) is 2.86. The van der Waals surface area contributed by atoms with Crippen molar-refractivity contribution in [3.05, 3.63) is 0 Å². The van der Waals surface area contributed by atoms with E-state index in [1.165, 1.54) is 0 Å². The Labute approximate surface area is 63.4 Å². The molecule has 0 N–H and O–H groups in total. The summed E-state index contributed by atoms with van der Waals surface area (Å²) >= 11 is 0. The second kappa shape index (κ2) is 4.51. The van der Waals surface area contributed by atoms with Crippen molar-refractivity contribution in [2.45, 2.75) is 31.4 Å². The summed E-state index contributed by atoms with van der Waals surface area (Å²) in [5.74, 6) is 0. The first-order chi connectivity index (χ1) is 5.37. The van der Waals surface area contributed by atoms with Crippen LogP contribution in [0.4, 0.5) is 30.7 Å². The summed E-state index contributed by atoms with van der Waals surface area (Å²) in [4.78, 5) is 0. The highest BCUT2D eigenvalue weighted by Crippen LogP contribution is 2.21. The predicted octanol–water partition coefficient (Wildman–Crippen LogP) is 2.53. The molecule has 0 bridgehead atoms. The number of hydrogen-bond acceptors (Lipinski definition) is 0. The number of hydrogen-bond donors (Lipinski definition) is 0. The maximum absolute atomic E-state index is 12.0. The molecule has 0 radical (unpaired) electrons. The lowest BCUT2D eigenvalue weighted by molar-refractivity contribution is -0.0643. The lowest BCUT2D eigenvalue weighted by atomic mass is 10.1. The maximum Gasteiger partial charge on any atom is 0.272 e. The van der Waals surface area contributed by atoms with E-state index in [0.717, 1.165) is 0 Å². The third kappa shape index (κ3) is 2.86. The molecule has 0 spiro atoms. The fourth-order valence-corrected chi connectivity index (χ4v) is 0.454. The van der Waals surface area contributed by atoms with Crippen LogP contribution in [-0.4, -0.2) is 31.4 Å². The minimum Gasteiger partial charge on any atom is -0.241 e. The molecule has 0 nitrogen and oxygen atoms in total. The molecule has 2 atom stereocenters. The Bertz CT molecular complexity index is 111. The molecule has 0 saturated carbocycles. The van der Waals surface area contributed by atoms with Gasteiger partial charge in [0.05, 0.1) is 0 Å². The number of halogens is 7. The summed E-state index contributed by atoms with van der Waals surface area (Å²) in [6.07, 6.45) is -18.1. The van der Waals surface area contributed by atoms with Gasteiger partial charge in [-0.3, -0.25) is 0 Å². The Balaban J connectivity index is 4.08. The molecule has 0 fully saturated rings. The Hall–Kier alpha value is -0.490. The zero-order valence-corrected chi connectivity index (χ0v) is 5.53. The average molecular weight is 198 g/mol. The molecule has 0 amide bonds. The van der Waals surface area contributed by atoms with Gasteiger partial charge < -0.3 is 0 Å².